The van der Waals surface area contributed by atoms with Gasteiger partial charge < -0.3 is 5.11 Å². The summed E-state index contributed by atoms with van der Waals surface area (Å²) >= 11 is 0. The van der Waals surface area contributed by atoms with Crippen LogP contribution in [0.25, 0.3) is 0 Å². The van der Waals surface area contributed by atoms with E-state index >= 15 is 0 Å². The van der Waals surface area contributed by atoms with Gasteiger partial charge in [0.15, 0.2) is 0 Å². The number of nitrogens with zero attached hydrogens (tertiary/aromatic N) is 2. The number of rotatable bonds is 6. The summed E-state index contributed by atoms with van der Waals surface area (Å²) in [5, 5.41) is 29.9. The molecule has 1 N–H and O–H groups in total. The van der Waals surface area contributed by atoms with Crippen molar-refractivity contribution >= 4 is 11.7 Å². The number of hydrogen-bond acceptors (Lipinski definition) is 5. The Kier molecular flexibility index (Phi) is 4.68. The highest BCUT2D eigenvalue weighted by Crippen LogP contribution is 2.29. The Hall–Kier alpha value is -2.58. The zero-order valence-corrected chi connectivity index (χ0v) is 10.4. The summed E-state index contributed by atoms with van der Waals surface area (Å²) in [7, 11) is 0. The third-order valence-electron chi connectivity index (χ3n) is 2.81. The van der Waals surface area contributed by atoms with Crippen LogP contribution in [-0.2, 0) is 4.79 Å². The summed E-state index contributed by atoms with van der Waals surface area (Å²) in [6.07, 6.45) is -2.51. The molecule has 0 amide bonds. The summed E-state index contributed by atoms with van der Waals surface area (Å²) in [4.78, 5) is 30.3. The molecule has 0 aliphatic heterocycles. The molecule has 8 nitrogen and oxygen atoms in total. The fraction of sp³-hybridized carbons (Fsp3) is 0.364. The Morgan fingerprint density at radius 1 is 1.40 bits per heavy atom. The van der Waals surface area contributed by atoms with Crippen LogP contribution in [0, 0.1) is 27.2 Å². The number of aliphatic carboxylic acids is 1. The van der Waals surface area contributed by atoms with Crippen LogP contribution >= 0.6 is 0 Å². The molecule has 1 aromatic carbocycles. The number of nitro groups is 2. The van der Waals surface area contributed by atoms with Crippen LogP contribution in [0.2, 0.25) is 0 Å². The van der Waals surface area contributed by atoms with Crippen LogP contribution in [0.3, 0.4) is 0 Å². The SMILES string of the molecule is Cc1ccc([N+](=O)[O-])cc1C(C[N+](=O)[O-])C(F)C(=O)O. The van der Waals surface area contributed by atoms with Crippen molar-refractivity contribution < 1.29 is 24.1 Å². The van der Waals surface area contributed by atoms with Crippen LogP contribution in [-0.4, -0.2) is 33.6 Å². The van der Waals surface area contributed by atoms with E-state index in [1.54, 1.807) is 0 Å². The quantitative estimate of drug-likeness (QED) is 0.626. The molecular weight excluding hydrogens is 275 g/mol. The minimum Gasteiger partial charge on any atom is -0.479 e. The van der Waals surface area contributed by atoms with E-state index in [-0.39, 0.29) is 11.3 Å². The van der Waals surface area contributed by atoms with Gasteiger partial charge in [-0.3, -0.25) is 20.2 Å². The molecule has 108 valence electrons. The number of hydrogen-bond donors (Lipinski definition) is 1. The highest BCUT2D eigenvalue weighted by Gasteiger charge is 2.35. The number of benzene rings is 1. The summed E-state index contributed by atoms with van der Waals surface area (Å²) in [6, 6.07) is 3.43. The van der Waals surface area contributed by atoms with Gasteiger partial charge in [0, 0.05) is 17.1 Å². The first kappa shape index (κ1) is 15.5. The second-order valence-electron chi connectivity index (χ2n) is 4.16. The summed E-state index contributed by atoms with van der Waals surface area (Å²) in [5.41, 5.74) is -0.0753. The minimum atomic E-state index is -2.51. The van der Waals surface area contributed by atoms with E-state index in [1.807, 2.05) is 0 Å². The number of nitro benzene ring substituents is 1. The maximum atomic E-state index is 13.7. The maximum Gasteiger partial charge on any atom is 0.339 e. The van der Waals surface area contributed by atoms with Crippen LogP contribution < -0.4 is 0 Å². The molecule has 0 fully saturated rings. The average molecular weight is 286 g/mol. The topological polar surface area (TPSA) is 124 Å². The first-order chi connectivity index (χ1) is 9.23. The Balaban J connectivity index is 3.31. The van der Waals surface area contributed by atoms with E-state index in [0.29, 0.717) is 5.56 Å². The second kappa shape index (κ2) is 6.04. The Bertz CT molecular complexity index is 562. The van der Waals surface area contributed by atoms with Gasteiger partial charge in [-0.1, -0.05) is 6.07 Å². The molecule has 0 aliphatic carbocycles. The third kappa shape index (κ3) is 3.46. The number of carboxylic acid groups (broad SMARTS) is 1. The predicted molar refractivity (Wildman–Crippen MR) is 65.0 cm³/mol. The Labute approximate surface area is 112 Å². The van der Waals surface area contributed by atoms with E-state index in [9.17, 15) is 29.4 Å². The van der Waals surface area contributed by atoms with Gasteiger partial charge in [-0.25, -0.2) is 9.18 Å². The Morgan fingerprint density at radius 2 is 2.00 bits per heavy atom. The molecule has 0 heterocycles. The normalized spacial score (nSPS) is 13.5. The van der Waals surface area contributed by atoms with Crippen molar-refractivity contribution in [1.29, 1.82) is 0 Å². The van der Waals surface area contributed by atoms with Gasteiger partial charge in [0.2, 0.25) is 12.7 Å². The maximum absolute atomic E-state index is 13.7. The van der Waals surface area contributed by atoms with E-state index in [1.165, 1.54) is 13.0 Å². The van der Waals surface area contributed by atoms with Gasteiger partial charge in [0.05, 0.1) is 10.8 Å². The van der Waals surface area contributed by atoms with Crippen molar-refractivity contribution in [3.05, 3.63) is 49.6 Å². The molecule has 1 rings (SSSR count). The van der Waals surface area contributed by atoms with Crippen molar-refractivity contribution in [2.45, 2.75) is 19.0 Å². The van der Waals surface area contributed by atoms with E-state index in [4.69, 9.17) is 5.11 Å². The number of alkyl halides is 1. The smallest absolute Gasteiger partial charge is 0.339 e. The molecule has 2 atom stereocenters. The van der Waals surface area contributed by atoms with Gasteiger partial charge in [0.25, 0.3) is 5.69 Å². The van der Waals surface area contributed by atoms with Gasteiger partial charge in [0.1, 0.15) is 0 Å². The van der Waals surface area contributed by atoms with E-state index < -0.39 is 34.5 Å². The number of carbonyl (C=O) groups is 1. The summed E-state index contributed by atoms with van der Waals surface area (Å²) in [6.45, 7) is 0.510. The minimum absolute atomic E-state index is 0.0502. The van der Waals surface area contributed by atoms with Gasteiger partial charge >= 0.3 is 5.97 Å². The lowest BCUT2D eigenvalue weighted by molar-refractivity contribution is -0.484. The molecule has 0 aliphatic rings. The van der Waals surface area contributed by atoms with E-state index in [2.05, 4.69) is 0 Å². The molecule has 0 radical (unpaired) electrons. The van der Waals surface area contributed by atoms with Crippen LogP contribution in [0.4, 0.5) is 10.1 Å². The largest absolute Gasteiger partial charge is 0.479 e. The lowest BCUT2D eigenvalue weighted by Crippen LogP contribution is -2.29. The lowest BCUT2D eigenvalue weighted by Gasteiger charge is -2.16. The van der Waals surface area contributed by atoms with E-state index in [0.717, 1.165) is 12.1 Å². The van der Waals surface area contributed by atoms with Gasteiger partial charge in [-0.2, -0.15) is 0 Å². The number of aryl methyl sites for hydroxylation is 1. The number of carboxylic acids is 1. The first-order valence-corrected chi connectivity index (χ1v) is 5.47. The summed E-state index contributed by atoms with van der Waals surface area (Å²) < 4.78 is 13.7. The fourth-order valence-electron chi connectivity index (χ4n) is 1.82. The second-order valence-corrected chi connectivity index (χ2v) is 4.16. The predicted octanol–water partition coefficient (Wildman–Crippen LogP) is 1.69. The van der Waals surface area contributed by atoms with Crippen LogP contribution in [0.15, 0.2) is 18.2 Å². The molecule has 9 heteroatoms. The highest BCUT2D eigenvalue weighted by atomic mass is 19.1. The van der Waals surface area contributed by atoms with Crippen molar-refractivity contribution in [2.75, 3.05) is 6.54 Å². The zero-order valence-electron chi connectivity index (χ0n) is 10.4. The lowest BCUT2D eigenvalue weighted by atomic mass is 9.90. The average Bonchev–Trinajstić information content (AvgIpc) is 2.35. The first-order valence-electron chi connectivity index (χ1n) is 5.47. The number of halogens is 1. The van der Waals surface area contributed by atoms with Crippen molar-refractivity contribution in [1.82, 2.24) is 0 Å². The third-order valence-corrected chi connectivity index (χ3v) is 2.81. The molecule has 0 bridgehead atoms. The molecule has 0 saturated carbocycles. The van der Waals surface area contributed by atoms with Crippen molar-refractivity contribution in [2.24, 2.45) is 0 Å². The molecule has 0 aromatic heterocycles. The van der Waals surface area contributed by atoms with Gasteiger partial charge in [-0.05, 0) is 18.1 Å². The monoisotopic (exact) mass is 286 g/mol. The molecule has 0 saturated heterocycles. The van der Waals surface area contributed by atoms with Gasteiger partial charge in [-0.15, -0.1) is 0 Å². The summed E-state index contributed by atoms with van der Waals surface area (Å²) in [5.74, 6) is -3.43. The molecular formula is C11H11FN2O6. The zero-order chi connectivity index (χ0) is 15.4. The fourth-order valence-corrected chi connectivity index (χ4v) is 1.82. The Morgan fingerprint density at radius 3 is 2.45 bits per heavy atom. The van der Waals surface area contributed by atoms with Crippen LogP contribution in [0.5, 0.6) is 0 Å². The van der Waals surface area contributed by atoms with Crippen molar-refractivity contribution in [3.63, 3.8) is 0 Å². The molecule has 2 unspecified atom stereocenters. The molecule has 0 spiro atoms. The highest BCUT2D eigenvalue weighted by molar-refractivity contribution is 5.74. The molecule has 20 heavy (non-hydrogen) atoms. The van der Waals surface area contributed by atoms with Crippen LogP contribution in [0.1, 0.15) is 17.0 Å². The standard InChI is InChI=1S/C11H11FN2O6/c1-6-2-3-7(14(19)20)4-8(6)9(5-13(17)18)10(12)11(15)16/h2-4,9-10H,5H2,1H3,(H,15,16). The molecule has 1 aromatic rings. The van der Waals surface area contributed by atoms with Crippen molar-refractivity contribution in [3.8, 4) is 0 Å². The number of non-ortho nitro benzene ring substituents is 1.